The van der Waals surface area contributed by atoms with Crippen molar-refractivity contribution < 1.29 is 33.4 Å². The van der Waals surface area contributed by atoms with E-state index in [2.05, 4.69) is 5.32 Å². The van der Waals surface area contributed by atoms with Crippen LogP contribution in [0.25, 0.3) is 0 Å². The van der Waals surface area contributed by atoms with Gasteiger partial charge in [-0.05, 0) is 28.0 Å². The number of fused-ring (bicyclic) bond motifs is 1. The van der Waals surface area contributed by atoms with Gasteiger partial charge in [0.15, 0.2) is 12.1 Å². The standard InChI is InChI=1S/C30H28N2O7S2/c1-19(33)38-17-22-18-41-29-30(37-2,31-24(34)16-23-14-9-15-40-23)28(36)32(29)25(22)27(35)39-26(20-10-5-3-6-11-20)21-12-7-4-8-13-21/h3-15,18,25-26,29H,16-17H2,1-2H3,(H,31,34)/t25?,29-,30?/m1/s1. The normalized spacial score (nSPS) is 21.4. The van der Waals surface area contributed by atoms with E-state index in [1.165, 1.54) is 42.0 Å². The number of hydrogen-bond donors (Lipinski definition) is 1. The van der Waals surface area contributed by atoms with Crippen molar-refractivity contribution in [2.45, 2.75) is 36.6 Å². The van der Waals surface area contributed by atoms with Crippen LogP contribution >= 0.6 is 23.1 Å². The summed E-state index contributed by atoms with van der Waals surface area (Å²) in [6, 6.07) is 21.0. The molecule has 0 aliphatic carbocycles. The van der Waals surface area contributed by atoms with Gasteiger partial charge >= 0.3 is 11.9 Å². The van der Waals surface area contributed by atoms with Crippen LogP contribution in [0.3, 0.4) is 0 Å². The Hall–Kier alpha value is -3.93. The molecule has 9 nitrogen and oxygen atoms in total. The third-order valence-electron chi connectivity index (χ3n) is 6.80. The number of esters is 2. The number of methoxy groups -OCH3 is 1. The average Bonchev–Trinajstić information content (AvgIpc) is 3.50. The van der Waals surface area contributed by atoms with E-state index >= 15 is 0 Å². The molecule has 41 heavy (non-hydrogen) atoms. The molecule has 3 aromatic rings. The fourth-order valence-corrected chi connectivity index (χ4v) is 6.85. The summed E-state index contributed by atoms with van der Waals surface area (Å²) in [7, 11) is 1.34. The number of carbonyl (C=O) groups excluding carboxylic acids is 4. The molecule has 212 valence electrons. The molecule has 0 bridgehead atoms. The Labute approximate surface area is 245 Å². The zero-order valence-corrected chi connectivity index (χ0v) is 24.0. The van der Waals surface area contributed by atoms with E-state index in [1.54, 1.807) is 5.41 Å². The first kappa shape index (κ1) is 28.6. The van der Waals surface area contributed by atoms with E-state index in [4.69, 9.17) is 14.2 Å². The van der Waals surface area contributed by atoms with Gasteiger partial charge in [-0.15, -0.1) is 23.1 Å². The molecule has 11 heteroatoms. The topological polar surface area (TPSA) is 111 Å². The largest absolute Gasteiger partial charge is 0.461 e. The van der Waals surface area contributed by atoms with E-state index in [-0.39, 0.29) is 18.9 Å². The first-order valence-corrected chi connectivity index (χ1v) is 14.7. The summed E-state index contributed by atoms with van der Waals surface area (Å²) < 4.78 is 16.9. The summed E-state index contributed by atoms with van der Waals surface area (Å²) in [4.78, 5) is 54.4. The summed E-state index contributed by atoms with van der Waals surface area (Å²) in [5.41, 5.74) is 0.219. The Morgan fingerprint density at radius 3 is 2.22 bits per heavy atom. The van der Waals surface area contributed by atoms with Gasteiger partial charge in [-0.25, -0.2) is 4.79 Å². The first-order chi connectivity index (χ1) is 19.8. The van der Waals surface area contributed by atoms with Gasteiger partial charge in [0.1, 0.15) is 12.0 Å². The number of thiophene rings is 1. The van der Waals surface area contributed by atoms with Gasteiger partial charge in [-0.3, -0.25) is 14.4 Å². The van der Waals surface area contributed by atoms with Crippen LogP contribution in [0.4, 0.5) is 0 Å². The molecule has 0 saturated carbocycles. The molecule has 2 amide bonds. The van der Waals surface area contributed by atoms with E-state index in [9.17, 15) is 19.2 Å². The van der Waals surface area contributed by atoms with Gasteiger partial charge < -0.3 is 24.4 Å². The molecule has 2 unspecified atom stereocenters. The lowest BCUT2D eigenvalue weighted by Gasteiger charge is -2.57. The van der Waals surface area contributed by atoms with Gasteiger partial charge in [0, 0.05) is 24.5 Å². The monoisotopic (exact) mass is 592 g/mol. The third kappa shape index (κ3) is 5.79. The van der Waals surface area contributed by atoms with E-state index < -0.39 is 41.1 Å². The Kier molecular flexibility index (Phi) is 8.57. The number of ether oxygens (including phenoxy) is 3. The first-order valence-electron chi connectivity index (χ1n) is 12.8. The molecule has 2 aliphatic rings. The van der Waals surface area contributed by atoms with Crippen molar-refractivity contribution in [3.05, 3.63) is 105 Å². The minimum absolute atomic E-state index is 0.0856. The zero-order chi connectivity index (χ0) is 29.0. The van der Waals surface area contributed by atoms with Crippen molar-refractivity contribution in [3.8, 4) is 0 Å². The minimum atomic E-state index is -1.67. The zero-order valence-electron chi connectivity index (χ0n) is 22.4. The number of hydrogen-bond acceptors (Lipinski definition) is 9. The lowest BCUT2D eigenvalue weighted by Crippen LogP contribution is -2.83. The maximum Gasteiger partial charge on any atom is 0.334 e. The summed E-state index contributed by atoms with van der Waals surface area (Å²) in [5.74, 6) is -2.21. The van der Waals surface area contributed by atoms with E-state index in [0.29, 0.717) is 5.57 Å². The SMILES string of the molecule is COC1(NC(=O)Cc2cccs2)C(=O)N2C(C(=O)OC(c3ccccc3)c3ccccc3)C(COC(C)=O)=CS[C@@H]21. The molecule has 1 fully saturated rings. The lowest BCUT2D eigenvalue weighted by atomic mass is 9.94. The maximum absolute atomic E-state index is 13.9. The van der Waals surface area contributed by atoms with E-state index in [1.807, 2.05) is 78.2 Å². The number of rotatable bonds is 10. The van der Waals surface area contributed by atoms with Crippen molar-refractivity contribution in [2.75, 3.05) is 13.7 Å². The van der Waals surface area contributed by atoms with Gasteiger partial charge in [-0.2, -0.15) is 0 Å². The van der Waals surface area contributed by atoms with Crippen LogP contribution in [0.2, 0.25) is 0 Å². The molecule has 0 spiro atoms. The highest BCUT2D eigenvalue weighted by atomic mass is 32.2. The highest BCUT2D eigenvalue weighted by Gasteiger charge is 2.67. The molecule has 3 atom stereocenters. The van der Waals surface area contributed by atoms with Gasteiger partial charge in [0.05, 0.1) is 6.42 Å². The van der Waals surface area contributed by atoms with Gasteiger partial charge in [0.2, 0.25) is 5.91 Å². The fraction of sp³-hybridized carbons (Fsp3) is 0.267. The predicted molar refractivity (Wildman–Crippen MR) is 153 cm³/mol. The fourth-order valence-electron chi connectivity index (χ4n) is 4.85. The Bertz CT molecular complexity index is 1410. The molecule has 1 saturated heterocycles. The van der Waals surface area contributed by atoms with Crippen LogP contribution in [0.5, 0.6) is 0 Å². The Morgan fingerprint density at radius 2 is 1.66 bits per heavy atom. The number of nitrogens with zero attached hydrogens (tertiary/aromatic N) is 1. The Morgan fingerprint density at radius 1 is 1.00 bits per heavy atom. The second-order valence-corrected chi connectivity index (χ2v) is 11.4. The molecule has 0 radical (unpaired) electrons. The van der Waals surface area contributed by atoms with Crippen LogP contribution in [0.1, 0.15) is 29.0 Å². The summed E-state index contributed by atoms with van der Waals surface area (Å²) in [6.45, 7) is 1.06. The lowest BCUT2D eigenvalue weighted by molar-refractivity contribution is -0.203. The van der Waals surface area contributed by atoms with Crippen LogP contribution in [0, 0.1) is 0 Å². The summed E-state index contributed by atoms with van der Waals surface area (Å²) in [5, 5.41) is 5.53. The van der Waals surface area contributed by atoms with Crippen molar-refractivity contribution in [1.82, 2.24) is 10.2 Å². The molecular weight excluding hydrogens is 564 g/mol. The van der Waals surface area contributed by atoms with Crippen LogP contribution in [-0.2, 0) is 39.8 Å². The molecule has 2 aromatic carbocycles. The third-order valence-corrected chi connectivity index (χ3v) is 8.93. The average molecular weight is 593 g/mol. The molecule has 5 rings (SSSR count). The van der Waals surface area contributed by atoms with Crippen molar-refractivity contribution in [2.24, 2.45) is 0 Å². The predicted octanol–water partition coefficient (Wildman–Crippen LogP) is 3.81. The van der Waals surface area contributed by atoms with Crippen LogP contribution in [0.15, 0.2) is 89.2 Å². The number of thioether (sulfide) groups is 1. The Balaban J connectivity index is 1.43. The van der Waals surface area contributed by atoms with E-state index in [0.717, 1.165) is 16.0 Å². The molecule has 2 aliphatic heterocycles. The molecular formula is C30H28N2O7S2. The minimum Gasteiger partial charge on any atom is -0.461 e. The molecule has 1 N–H and O–H groups in total. The number of β-lactam (4-membered cyclic amide) rings is 1. The van der Waals surface area contributed by atoms with Crippen LogP contribution in [-0.4, -0.2) is 59.5 Å². The quantitative estimate of drug-likeness (QED) is 0.215. The second-order valence-electron chi connectivity index (χ2n) is 9.46. The van der Waals surface area contributed by atoms with Gasteiger partial charge in [-0.1, -0.05) is 66.7 Å². The smallest absolute Gasteiger partial charge is 0.334 e. The highest BCUT2D eigenvalue weighted by Crippen LogP contribution is 2.47. The maximum atomic E-state index is 13.9. The van der Waals surface area contributed by atoms with Gasteiger partial charge in [0.25, 0.3) is 11.6 Å². The number of benzene rings is 2. The number of carbonyl (C=O) groups is 4. The second kappa shape index (κ2) is 12.3. The van der Waals surface area contributed by atoms with Crippen LogP contribution < -0.4 is 5.32 Å². The molecule has 1 aromatic heterocycles. The number of nitrogens with one attached hydrogen (secondary N) is 1. The summed E-state index contributed by atoms with van der Waals surface area (Å²) >= 11 is 2.63. The summed E-state index contributed by atoms with van der Waals surface area (Å²) in [6.07, 6.45) is -0.663. The van der Waals surface area contributed by atoms with Crippen molar-refractivity contribution >= 4 is 46.9 Å². The number of amides is 2. The highest BCUT2D eigenvalue weighted by molar-refractivity contribution is 8.03. The van der Waals surface area contributed by atoms with Crippen molar-refractivity contribution in [1.29, 1.82) is 0 Å². The van der Waals surface area contributed by atoms with Crippen molar-refractivity contribution in [3.63, 3.8) is 0 Å². The molecule has 3 heterocycles.